The number of nitrogens with two attached hydrogens (primary N) is 1. The summed E-state index contributed by atoms with van der Waals surface area (Å²) in [5.41, 5.74) is 9.01. The van der Waals surface area contributed by atoms with E-state index in [1.165, 1.54) is 7.11 Å². The SMILES string of the molecule is CONC(=O)c1ccc(N)c(I)c1. The van der Waals surface area contributed by atoms with Crippen molar-refractivity contribution in [2.75, 3.05) is 12.8 Å². The largest absolute Gasteiger partial charge is 0.398 e. The Labute approximate surface area is 89.5 Å². The molecular weight excluding hydrogens is 283 g/mol. The molecular formula is C8H9IN2O2. The molecule has 1 amide bonds. The monoisotopic (exact) mass is 292 g/mol. The second-order valence-corrected chi connectivity index (χ2v) is 3.53. The van der Waals surface area contributed by atoms with E-state index in [9.17, 15) is 4.79 Å². The van der Waals surface area contributed by atoms with Crippen LogP contribution in [0.1, 0.15) is 10.4 Å². The van der Waals surface area contributed by atoms with Gasteiger partial charge in [-0.2, -0.15) is 0 Å². The normalized spacial score (nSPS) is 9.69. The molecule has 0 aliphatic rings. The maximum atomic E-state index is 11.2. The van der Waals surface area contributed by atoms with Gasteiger partial charge in [0.2, 0.25) is 0 Å². The van der Waals surface area contributed by atoms with E-state index in [4.69, 9.17) is 5.73 Å². The van der Waals surface area contributed by atoms with E-state index in [1.54, 1.807) is 18.2 Å². The number of carbonyl (C=O) groups is 1. The molecule has 0 atom stereocenters. The van der Waals surface area contributed by atoms with E-state index in [0.717, 1.165) is 3.57 Å². The van der Waals surface area contributed by atoms with E-state index in [1.807, 2.05) is 0 Å². The van der Waals surface area contributed by atoms with E-state index in [2.05, 4.69) is 32.9 Å². The van der Waals surface area contributed by atoms with Crippen LogP contribution in [-0.2, 0) is 4.84 Å². The molecule has 1 rings (SSSR count). The van der Waals surface area contributed by atoms with Crippen LogP contribution in [0.5, 0.6) is 0 Å². The van der Waals surface area contributed by atoms with Crippen LogP contribution in [0.25, 0.3) is 0 Å². The molecule has 0 saturated carbocycles. The summed E-state index contributed by atoms with van der Waals surface area (Å²) in [4.78, 5) is 15.7. The van der Waals surface area contributed by atoms with Crippen LogP contribution >= 0.6 is 22.6 Å². The Balaban J connectivity index is 2.90. The van der Waals surface area contributed by atoms with E-state index < -0.39 is 0 Å². The third kappa shape index (κ3) is 2.56. The van der Waals surface area contributed by atoms with Gasteiger partial charge in [0, 0.05) is 14.8 Å². The average molecular weight is 292 g/mol. The lowest BCUT2D eigenvalue weighted by atomic mass is 10.2. The highest BCUT2D eigenvalue weighted by molar-refractivity contribution is 14.1. The number of hydrogen-bond donors (Lipinski definition) is 2. The first-order chi connectivity index (χ1) is 6.15. The van der Waals surface area contributed by atoms with Crippen LogP contribution in [-0.4, -0.2) is 13.0 Å². The first kappa shape index (κ1) is 10.3. The Morgan fingerprint density at radius 1 is 1.62 bits per heavy atom. The molecule has 0 radical (unpaired) electrons. The Hall–Kier alpha value is -0.820. The Bertz CT molecular complexity index is 328. The molecule has 70 valence electrons. The third-order valence-electron chi connectivity index (χ3n) is 1.46. The van der Waals surface area contributed by atoms with E-state index in [-0.39, 0.29) is 5.91 Å². The molecule has 0 aliphatic carbocycles. The van der Waals surface area contributed by atoms with Crippen molar-refractivity contribution < 1.29 is 9.63 Å². The number of anilines is 1. The molecule has 0 saturated heterocycles. The predicted molar refractivity (Wildman–Crippen MR) is 58.0 cm³/mol. The zero-order valence-corrected chi connectivity index (χ0v) is 9.16. The maximum absolute atomic E-state index is 11.2. The van der Waals surface area contributed by atoms with Crippen LogP contribution in [0.3, 0.4) is 0 Å². The fraction of sp³-hybridized carbons (Fsp3) is 0.125. The second kappa shape index (κ2) is 4.43. The van der Waals surface area contributed by atoms with Crippen molar-refractivity contribution in [1.82, 2.24) is 5.48 Å². The zero-order valence-electron chi connectivity index (χ0n) is 7.00. The van der Waals surface area contributed by atoms with Crippen LogP contribution in [0.4, 0.5) is 5.69 Å². The number of amides is 1. The smallest absolute Gasteiger partial charge is 0.274 e. The number of nitrogens with one attached hydrogen (secondary N) is 1. The Morgan fingerprint density at radius 3 is 2.85 bits per heavy atom. The highest BCUT2D eigenvalue weighted by Gasteiger charge is 2.05. The summed E-state index contributed by atoms with van der Waals surface area (Å²) < 4.78 is 0.848. The molecule has 0 spiro atoms. The summed E-state index contributed by atoms with van der Waals surface area (Å²) in [6.45, 7) is 0. The Morgan fingerprint density at radius 2 is 2.31 bits per heavy atom. The number of carbonyl (C=O) groups excluding carboxylic acids is 1. The lowest BCUT2D eigenvalue weighted by Crippen LogP contribution is -2.21. The summed E-state index contributed by atoms with van der Waals surface area (Å²) in [7, 11) is 1.39. The lowest BCUT2D eigenvalue weighted by molar-refractivity contribution is 0.0537. The predicted octanol–water partition coefficient (Wildman–Crippen LogP) is 1.16. The number of hydroxylamine groups is 1. The Kier molecular flexibility index (Phi) is 3.49. The van der Waals surface area contributed by atoms with Gasteiger partial charge in [-0.1, -0.05) is 0 Å². The topological polar surface area (TPSA) is 64.3 Å². The van der Waals surface area contributed by atoms with Gasteiger partial charge in [0.15, 0.2) is 0 Å². The van der Waals surface area contributed by atoms with Crippen LogP contribution < -0.4 is 11.2 Å². The van der Waals surface area contributed by atoms with Crippen molar-refractivity contribution in [1.29, 1.82) is 0 Å². The molecule has 0 aromatic heterocycles. The highest BCUT2D eigenvalue weighted by atomic mass is 127. The molecule has 0 bridgehead atoms. The summed E-state index contributed by atoms with van der Waals surface area (Å²) in [5.74, 6) is -0.277. The third-order valence-corrected chi connectivity index (χ3v) is 2.39. The van der Waals surface area contributed by atoms with Gasteiger partial charge in [0.25, 0.3) is 5.91 Å². The van der Waals surface area contributed by atoms with Gasteiger partial charge < -0.3 is 5.73 Å². The number of benzene rings is 1. The molecule has 5 heteroatoms. The zero-order chi connectivity index (χ0) is 9.84. The molecule has 0 fully saturated rings. The van der Waals surface area contributed by atoms with Crippen LogP contribution in [0.15, 0.2) is 18.2 Å². The number of halogens is 1. The molecule has 0 unspecified atom stereocenters. The van der Waals surface area contributed by atoms with Gasteiger partial charge in [0.05, 0.1) is 7.11 Å². The fourth-order valence-electron chi connectivity index (χ4n) is 0.820. The minimum absolute atomic E-state index is 0.277. The molecule has 3 N–H and O–H groups in total. The number of hydrogen-bond acceptors (Lipinski definition) is 3. The van der Waals surface area contributed by atoms with Crippen molar-refractivity contribution in [3.05, 3.63) is 27.3 Å². The molecule has 0 heterocycles. The van der Waals surface area contributed by atoms with Crippen molar-refractivity contribution >= 4 is 34.2 Å². The average Bonchev–Trinajstić information content (AvgIpc) is 2.10. The van der Waals surface area contributed by atoms with Crippen LogP contribution in [0, 0.1) is 3.57 Å². The molecule has 1 aromatic rings. The van der Waals surface area contributed by atoms with Gasteiger partial charge in [0.1, 0.15) is 0 Å². The van der Waals surface area contributed by atoms with E-state index >= 15 is 0 Å². The first-order valence-corrected chi connectivity index (χ1v) is 4.61. The van der Waals surface area contributed by atoms with Crippen molar-refractivity contribution in [2.45, 2.75) is 0 Å². The van der Waals surface area contributed by atoms with Gasteiger partial charge in [-0.3, -0.25) is 9.63 Å². The number of rotatable bonds is 2. The summed E-state index contributed by atoms with van der Waals surface area (Å²) >= 11 is 2.07. The highest BCUT2D eigenvalue weighted by Crippen LogP contribution is 2.15. The van der Waals surface area contributed by atoms with Crippen molar-refractivity contribution in [3.8, 4) is 0 Å². The minimum atomic E-state index is -0.277. The molecule has 13 heavy (non-hydrogen) atoms. The van der Waals surface area contributed by atoms with Gasteiger partial charge in [-0.15, -0.1) is 0 Å². The quantitative estimate of drug-likeness (QED) is 0.488. The minimum Gasteiger partial charge on any atom is -0.398 e. The molecule has 4 nitrogen and oxygen atoms in total. The standard InChI is InChI=1S/C8H9IN2O2/c1-13-11-8(12)5-2-3-7(10)6(9)4-5/h2-4H,10H2,1H3,(H,11,12). The maximum Gasteiger partial charge on any atom is 0.274 e. The van der Waals surface area contributed by atoms with Crippen LogP contribution in [0.2, 0.25) is 0 Å². The summed E-state index contributed by atoms with van der Waals surface area (Å²) in [5, 5.41) is 0. The van der Waals surface area contributed by atoms with E-state index in [0.29, 0.717) is 11.3 Å². The van der Waals surface area contributed by atoms with Crippen molar-refractivity contribution in [2.24, 2.45) is 0 Å². The number of nitrogen functional groups attached to an aromatic ring is 1. The second-order valence-electron chi connectivity index (χ2n) is 2.37. The summed E-state index contributed by atoms with van der Waals surface area (Å²) in [6.07, 6.45) is 0. The van der Waals surface area contributed by atoms with Crippen molar-refractivity contribution in [3.63, 3.8) is 0 Å². The molecule has 0 aliphatic heterocycles. The lowest BCUT2D eigenvalue weighted by Gasteiger charge is -2.03. The van der Waals surface area contributed by atoms with Gasteiger partial charge >= 0.3 is 0 Å². The fourth-order valence-corrected chi connectivity index (χ4v) is 1.34. The van der Waals surface area contributed by atoms with Gasteiger partial charge in [-0.25, -0.2) is 5.48 Å². The van der Waals surface area contributed by atoms with Gasteiger partial charge in [-0.05, 0) is 40.8 Å². The summed E-state index contributed by atoms with van der Waals surface area (Å²) in [6, 6.07) is 5.03. The molecule has 1 aromatic carbocycles. The first-order valence-electron chi connectivity index (χ1n) is 3.53.